The minimum absolute atomic E-state index is 0.454. The van der Waals surface area contributed by atoms with Crippen LogP contribution in [0.4, 0.5) is 10.8 Å². The van der Waals surface area contributed by atoms with Crippen LogP contribution in [0.15, 0.2) is 30.9 Å². The van der Waals surface area contributed by atoms with Crippen LogP contribution in [0.3, 0.4) is 0 Å². The maximum absolute atomic E-state index is 5.83. The number of rotatable bonds is 10. The number of imidazole rings is 1. The summed E-state index contributed by atoms with van der Waals surface area (Å²) in [7, 11) is 2.97. The van der Waals surface area contributed by atoms with Gasteiger partial charge in [0.1, 0.15) is 11.7 Å². The lowest BCUT2D eigenvalue weighted by atomic mass is 10.3. The second-order valence-electron chi connectivity index (χ2n) is 9.73. The van der Waals surface area contributed by atoms with Crippen LogP contribution in [0.5, 0.6) is 0 Å². The molecule has 4 aromatic rings. The monoisotopic (exact) mass is 484 g/mol. The maximum atomic E-state index is 5.83. The Hall–Kier alpha value is -2.60. The van der Waals surface area contributed by atoms with Crippen molar-refractivity contribution < 1.29 is 4.74 Å². The molecule has 0 bridgehead atoms. The first-order valence-electron chi connectivity index (χ1n) is 11.0. The molecule has 0 amide bonds. The SMILES string of the molecule is Cc1cn2c(-c3cnn(COCC[Si](C)(C)C)c3)cnc2c(Nc2cc(CN(C)C)ns2)n1. The van der Waals surface area contributed by atoms with E-state index < -0.39 is 8.07 Å². The van der Waals surface area contributed by atoms with Crippen molar-refractivity contribution in [2.45, 2.75) is 45.9 Å². The van der Waals surface area contributed by atoms with E-state index in [-0.39, 0.29) is 0 Å². The zero-order valence-corrected chi connectivity index (χ0v) is 22.0. The van der Waals surface area contributed by atoms with Crippen molar-refractivity contribution in [2.75, 3.05) is 26.0 Å². The van der Waals surface area contributed by atoms with E-state index in [4.69, 9.17) is 4.74 Å². The van der Waals surface area contributed by atoms with Crippen LogP contribution in [-0.4, -0.2) is 62.2 Å². The van der Waals surface area contributed by atoms with Crippen molar-refractivity contribution in [1.29, 1.82) is 0 Å². The molecule has 0 saturated carbocycles. The fraction of sp³-hybridized carbons (Fsp3) is 0.455. The predicted octanol–water partition coefficient (Wildman–Crippen LogP) is 4.48. The van der Waals surface area contributed by atoms with Crippen LogP contribution in [0.1, 0.15) is 11.4 Å². The highest BCUT2D eigenvalue weighted by atomic mass is 32.1. The molecule has 4 rings (SSSR count). The number of hydrogen-bond donors (Lipinski definition) is 1. The van der Waals surface area contributed by atoms with E-state index in [2.05, 4.69) is 59.8 Å². The van der Waals surface area contributed by atoms with Crippen LogP contribution in [-0.2, 0) is 18.0 Å². The number of fused-ring (bicyclic) bond motifs is 1. The quantitative estimate of drug-likeness (QED) is 0.262. The van der Waals surface area contributed by atoms with Crippen molar-refractivity contribution in [1.82, 2.24) is 33.4 Å². The van der Waals surface area contributed by atoms with Gasteiger partial charge in [-0.2, -0.15) is 9.47 Å². The number of aromatic nitrogens is 6. The van der Waals surface area contributed by atoms with Crippen molar-refractivity contribution >= 4 is 36.1 Å². The first-order chi connectivity index (χ1) is 15.7. The zero-order chi connectivity index (χ0) is 23.6. The zero-order valence-electron chi connectivity index (χ0n) is 20.2. The van der Waals surface area contributed by atoms with Gasteiger partial charge in [-0.25, -0.2) is 14.6 Å². The highest BCUT2D eigenvalue weighted by Gasteiger charge is 2.15. The van der Waals surface area contributed by atoms with Gasteiger partial charge >= 0.3 is 0 Å². The van der Waals surface area contributed by atoms with Crippen molar-refractivity contribution in [2.24, 2.45) is 0 Å². The van der Waals surface area contributed by atoms with E-state index in [0.29, 0.717) is 12.5 Å². The summed E-state index contributed by atoms with van der Waals surface area (Å²) in [4.78, 5) is 11.4. The van der Waals surface area contributed by atoms with Crippen LogP contribution >= 0.6 is 11.5 Å². The summed E-state index contributed by atoms with van der Waals surface area (Å²) in [6.07, 6.45) is 7.70. The number of anilines is 2. The van der Waals surface area contributed by atoms with E-state index in [1.54, 1.807) is 0 Å². The van der Waals surface area contributed by atoms with Crippen molar-refractivity contribution in [3.8, 4) is 11.3 Å². The molecule has 1 N–H and O–H groups in total. The smallest absolute Gasteiger partial charge is 0.180 e. The normalized spacial score (nSPS) is 12.2. The van der Waals surface area contributed by atoms with Crippen LogP contribution in [0, 0.1) is 6.92 Å². The van der Waals surface area contributed by atoms with Gasteiger partial charge in [-0.05, 0) is 44.7 Å². The predicted molar refractivity (Wildman–Crippen MR) is 136 cm³/mol. The molecule has 0 saturated heterocycles. The molecule has 0 spiro atoms. The van der Waals surface area contributed by atoms with Crippen molar-refractivity contribution in [3.05, 3.63) is 42.2 Å². The van der Waals surface area contributed by atoms with Gasteiger partial charge in [0.05, 0.1) is 29.5 Å². The number of nitrogens with zero attached hydrogens (tertiary/aromatic N) is 7. The number of hydrogen-bond acceptors (Lipinski definition) is 8. The Kier molecular flexibility index (Phi) is 6.93. The third kappa shape index (κ3) is 6.05. The standard InChI is InChI=1S/C22H32N8OSSi/c1-16-12-30-19(17-10-24-29(13-17)15-31-7-8-33(4,5)6)11-23-22(30)21(25-16)26-20-9-18(27-32-20)14-28(2)3/h9-13H,7-8,14-15H2,1-6H3,(H,25,26). The summed E-state index contributed by atoms with van der Waals surface area (Å²) in [6, 6.07) is 3.20. The Morgan fingerprint density at radius 3 is 2.76 bits per heavy atom. The van der Waals surface area contributed by atoms with Gasteiger partial charge in [0.25, 0.3) is 0 Å². The Morgan fingerprint density at radius 2 is 2.00 bits per heavy atom. The molecule has 4 heterocycles. The summed E-state index contributed by atoms with van der Waals surface area (Å²) in [6.45, 7) is 11.1. The third-order valence-electron chi connectivity index (χ3n) is 5.04. The topological polar surface area (TPSA) is 85.4 Å². The third-order valence-corrected chi connectivity index (χ3v) is 7.49. The summed E-state index contributed by atoms with van der Waals surface area (Å²) in [5.41, 5.74) is 4.63. The minimum Gasteiger partial charge on any atom is -0.360 e. The molecule has 0 aliphatic rings. The fourth-order valence-corrected chi connectivity index (χ4v) is 4.81. The lowest BCUT2D eigenvalue weighted by Gasteiger charge is -2.15. The van der Waals surface area contributed by atoms with Crippen LogP contribution in [0.25, 0.3) is 16.9 Å². The molecule has 0 aliphatic carbocycles. The molecule has 0 atom stereocenters. The highest BCUT2D eigenvalue weighted by molar-refractivity contribution is 7.10. The summed E-state index contributed by atoms with van der Waals surface area (Å²) < 4.78 is 14.2. The van der Waals surface area contributed by atoms with Gasteiger partial charge in [0.2, 0.25) is 0 Å². The summed E-state index contributed by atoms with van der Waals surface area (Å²) in [5.74, 6) is 0.711. The Bertz CT molecular complexity index is 1220. The molecular formula is C22H32N8OSSi. The van der Waals surface area contributed by atoms with Gasteiger partial charge in [-0.15, -0.1) is 0 Å². The Morgan fingerprint density at radius 1 is 1.18 bits per heavy atom. The average Bonchev–Trinajstić information content (AvgIpc) is 3.44. The Labute approximate surface area is 199 Å². The number of nitrogens with one attached hydrogen (secondary N) is 1. The molecule has 11 heteroatoms. The van der Waals surface area contributed by atoms with Crippen LogP contribution in [0.2, 0.25) is 25.7 Å². The fourth-order valence-electron chi connectivity index (χ4n) is 3.40. The lowest BCUT2D eigenvalue weighted by Crippen LogP contribution is -2.22. The van der Waals surface area contributed by atoms with E-state index in [1.807, 2.05) is 50.5 Å². The number of ether oxygens (including phenoxy) is 1. The molecule has 0 radical (unpaired) electrons. The number of aryl methyl sites for hydroxylation is 1. The minimum atomic E-state index is -1.09. The van der Waals surface area contributed by atoms with Gasteiger partial charge < -0.3 is 15.0 Å². The second kappa shape index (κ2) is 9.72. The maximum Gasteiger partial charge on any atom is 0.180 e. The first-order valence-corrected chi connectivity index (χ1v) is 15.5. The molecule has 33 heavy (non-hydrogen) atoms. The molecule has 0 unspecified atom stereocenters. The first kappa shape index (κ1) is 23.6. The van der Waals surface area contributed by atoms with Gasteiger partial charge in [-0.1, -0.05) is 19.6 Å². The summed E-state index contributed by atoms with van der Waals surface area (Å²) >= 11 is 1.43. The van der Waals surface area contributed by atoms with Crippen LogP contribution < -0.4 is 5.32 Å². The van der Waals surface area contributed by atoms with E-state index in [0.717, 1.165) is 52.5 Å². The molecule has 0 aromatic carbocycles. The largest absolute Gasteiger partial charge is 0.360 e. The van der Waals surface area contributed by atoms with Gasteiger partial charge in [0.15, 0.2) is 11.5 Å². The summed E-state index contributed by atoms with van der Waals surface area (Å²) in [5, 5.41) is 8.82. The molecule has 0 aliphatic heterocycles. The molecular weight excluding hydrogens is 452 g/mol. The van der Waals surface area contributed by atoms with E-state index in [1.165, 1.54) is 11.5 Å². The molecule has 176 valence electrons. The van der Waals surface area contributed by atoms with Gasteiger partial charge in [-0.3, -0.25) is 4.40 Å². The molecule has 4 aromatic heterocycles. The molecule has 0 fully saturated rings. The lowest BCUT2D eigenvalue weighted by molar-refractivity contribution is 0.0786. The van der Waals surface area contributed by atoms with Gasteiger partial charge in [0, 0.05) is 39.2 Å². The average molecular weight is 485 g/mol. The van der Waals surface area contributed by atoms with E-state index >= 15 is 0 Å². The Balaban J connectivity index is 1.52. The highest BCUT2D eigenvalue weighted by Crippen LogP contribution is 2.27. The second-order valence-corrected chi connectivity index (χ2v) is 16.2. The van der Waals surface area contributed by atoms with Crippen molar-refractivity contribution in [3.63, 3.8) is 0 Å². The van der Waals surface area contributed by atoms with E-state index in [9.17, 15) is 0 Å². The molecule has 9 nitrogen and oxygen atoms in total.